The van der Waals surface area contributed by atoms with Crippen LogP contribution in [0.15, 0.2) is 53.3 Å². The molecule has 20 heavy (non-hydrogen) atoms. The molecule has 0 unspecified atom stereocenters. The van der Waals surface area contributed by atoms with E-state index in [0.717, 1.165) is 10.9 Å². The summed E-state index contributed by atoms with van der Waals surface area (Å²) in [4.78, 5) is 15.0. The Labute approximate surface area is 114 Å². The topological polar surface area (TPSA) is 72.6 Å². The second-order valence-electron chi connectivity index (χ2n) is 4.26. The van der Waals surface area contributed by atoms with Gasteiger partial charge in [0.05, 0.1) is 17.3 Å². The third-order valence-corrected chi connectivity index (χ3v) is 2.85. The van der Waals surface area contributed by atoms with E-state index in [9.17, 15) is 4.79 Å². The number of rotatable bonds is 4. The first-order chi connectivity index (χ1) is 9.72. The average molecular weight is 269 g/mol. The van der Waals surface area contributed by atoms with Crippen LogP contribution in [0.1, 0.15) is 16.1 Å². The van der Waals surface area contributed by atoms with Crippen LogP contribution in [0.4, 0.5) is 0 Å². The zero-order chi connectivity index (χ0) is 13.9. The molecular weight excluding hydrogens is 258 g/mol. The number of carboxylic acid groups (broad SMARTS) is 1. The zero-order valence-electron chi connectivity index (χ0n) is 10.4. The summed E-state index contributed by atoms with van der Waals surface area (Å²) >= 11 is 0. The second kappa shape index (κ2) is 5.05. The van der Waals surface area contributed by atoms with Crippen LogP contribution in [0.5, 0.6) is 5.75 Å². The predicted molar refractivity (Wildman–Crippen MR) is 71.7 cm³/mol. The molecule has 5 nitrogen and oxygen atoms in total. The highest BCUT2D eigenvalue weighted by atomic mass is 16.5. The molecule has 0 fully saturated rings. The van der Waals surface area contributed by atoms with Crippen LogP contribution in [0.25, 0.3) is 10.9 Å². The molecule has 0 saturated heterocycles. The SMILES string of the molecule is O=C(O)c1coc(COc2cnc3ccccc3c2)c1. The van der Waals surface area contributed by atoms with Gasteiger partial charge in [-0.1, -0.05) is 18.2 Å². The largest absolute Gasteiger partial charge is 0.484 e. The molecule has 0 spiro atoms. The van der Waals surface area contributed by atoms with Crippen molar-refractivity contribution in [2.45, 2.75) is 6.61 Å². The van der Waals surface area contributed by atoms with Crippen molar-refractivity contribution in [2.24, 2.45) is 0 Å². The maximum Gasteiger partial charge on any atom is 0.338 e. The Morgan fingerprint density at radius 3 is 2.95 bits per heavy atom. The number of benzene rings is 1. The number of pyridine rings is 1. The van der Waals surface area contributed by atoms with E-state index in [0.29, 0.717) is 11.5 Å². The molecule has 1 aromatic carbocycles. The van der Waals surface area contributed by atoms with Gasteiger partial charge in [0.1, 0.15) is 24.4 Å². The number of hydrogen-bond acceptors (Lipinski definition) is 4. The molecule has 0 amide bonds. The van der Waals surface area contributed by atoms with Crippen LogP contribution in [0, 0.1) is 0 Å². The Balaban J connectivity index is 1.74. The Kier molecular flexibility index (Phi) is 3.09. The van der Waals surface area contributed by atoms with Crippen molar-refractivity contribution in [3.63, 3.8) is 0 Å². The molecule has 2 aromatic heterocycles. The van der Waals surface area contributed by atoms with Gasteiger partial charge in [-0.25, -0.2) is 4.79 Å². The summed E-state index contributed by atoms with van der Waals surface area (Å²) in [5.74, 6) is 0.0416. The third kappa shape index (κ3) is 2.47. The Hall–Kier alpha value is -2.82. The number of fused-ring (bicyclic) bond motifs is 1. The van der Waals surface area contributed by atoms with Gasteiger partial charge in [-0.2, -0.15) is 0 Å². The summed E-state index contributed by atoms with van der Waals surface area (Å²) < 4.78 is 10.7. The van der Waals surface area contributed by atoms with E-state index in [1.165, 1.54) is 12.3 Å². The smallest absolute Gasteiger partial charge is 0.338 e. The number of hydrogen-bond donors (Lipinski definition) is 1. The van der Waals surface area contributed by atoms with Gasteiger partial charge >= 0.3 is 5.97 Å². The number of furan rings is 1. The molecule has 0 radical (unpaired) electrons. The lowest BCUT2D eigenvalue weighted by Crippen LogP contribution is -1.95. The van der Waals surface area contributed by atoms with Crippen molar-refractivity contribution in [1.29, 1.82) is 0 Å². The molecule has 0 aliphatic carbocycles. The fraction of sp³-hybridized carbons (Fsp3) is 0.0667. The van der Waals surface area contributed by atoms with E-state index in [1.54, 1.807) is 6.20 Å². The number of para-hydroxylation sites is 1. The van der Waals surface area contributed by atoms with E-state index < -0.39 is 5.97 Å². The molecule has 2 heterocycles. The lowest BCUT2D eigenvalue weighted by atomic mass is 10.2. The summed E-state index contributed by atoms with van der Waals surface area (Å²) in [5.41, 5.74) is 1.01. The summed E-state index contributed by atoms with van der Waals surface area (Å²) in [6.07, 6.45) is 2.82. The number of nitrogens with zero attached hydrogens (tertiary/aromatic N) is 1. The van der Waals surface area contributed by atoms with E-state index in [-0.39, 0.29) is 12.2 Å². The van der Waals surface area contributed by atoms with Gasteiger partial charge in [0.2, 0.25) is 0 Å². The molecule has 0 aliphatic rings. The van der Waals surface area contributed by atoms with Crippen LogP contribution < -0.4 is 4.74 Å². The standard InChI is InChI=1S/C15H11NO4/c17-15(18)11-6-13(19-8-11)9-20-12-5-10-3-1-2-4-14(10)16-7-12/h1-8H,9H2,(H,17,18). The fourth-order valence-corrected chi connectivity index (χ4v) is 1.85. The second-order valence-corrected chi connectivity index (χ2v) is 4.26. The molecule has 3 aromatic rings. The predicted octanol–water partition coefficient (Wildman–Crippen LogP) is 3.11. The molecular formula is C15H11NO4. The van der Waals surface area contributed by atoms with Crippen LogP contribution >= 0.6 is 0 Å². The van der Waals surface area contributed by atoms with Gasteiger partial charge in [-0.05, 0) is 18.2 Å². The van der Waals surface area contributed by atoms with Gasteiger partial charge in [0.15, 0.2) is 0 Å². The zero-order valence-corrected chi connectivity index (χ0v) is 10.4. The van der Waals surface area contributed by atoms with Crippen molar-refractivity contribution in [2.75, 3.05) is 0 Å². The number of carbonyl (C=O) groups is 1. The minimum absolute atomic E-state index is 0.111. The minimum atomic E-state index is -1.02. The van der Waals surface area contributed by atoms with Gasteiger partial charge in [-0.15, -0.1) is 0 Å². The van der Waals surface area contributed by atoms with Gasteiger partial charge in [-0.3, -0.25) is 4.98 Å². The Morgan fingerprint density at radius 2 is 2.15 bits per heavy atom. The highest BCUT2D eigenvalue weighted by molar-refractivity contribution is 5.87. The Bertz CT molecular complexity index is 763. The highest BCUT2D eigenvalue weighted by Gasteiger charge is 2.08. The monoisotopic (exact) mass is 269 g/mol. The number of ether oxygens (including phenoxy) is 1. The van der Waals surface area contributed by atoms with Gasteiger partial charge in [0, 0.05) is 5.39 Å². The molecule has 100 valence electrons. The number of carboxylic acids is 1. The molecule has 0 atom stereocenters. The van der Waals surface area contributed by atoms with Crippen molar-refractivity contribution in [3.8, 4) is 5.75 Å². The van der Waals surface area contributed by atoms with Crippen molar-refractivity contribution in [3.05, 3.63) is 60.2 Å². The average Bonchev–Trinajstić information content (AvgIpc) is 2.94. The first-order valence-corrected chi connectivity index (χ1v) is 6.01. The van der Waals surface area contributed by atoms with Crippen LogP contribution in [0.2, 0.25) is 0 Å². The molecule has 0 bridgehead atoms. The number of aromatic nitrogens is 1. The summed E-state index contributed by atoms with van der Waals surface area (Å²) in [6, 6.07) is 11.0. The van der Waals surface area contributed by atoms with Crippen molar-refractivity contribution >= 4 is 16.9 Å². The molecule has 5 heteroatoms. The van der Waals surface area contributed by atoms with Crippen LogP contribution in [-0.2, 0) is 6.61 Å². The molecule has 3 rings (SSSR count). The summed E-state index contributed by atoms with van der Waals surface area (Å²) in [7, 11) is 0. The maximum atomic E-state index is 10.7. The van der Waals surface area contributed by atoms with Crippen molar-refractivity contribution < 1.29 is 19.1 Å². The normalized spacial score (nSPS) is 10.6. The van der Waals surface area contributed by atoms with Crippen LogP contribution in [-0.4, -0.2) is 16.1 Å². The first-order valence-electron chi connectivity index (χ1n) is 6.01. The van der Waals surface area contributed by atoms with Gasteiger partial charge < -0.3 is 14.3 Å². The quantitative estimate of drug-likeness (QED) is 0.787. The lowest BCUT2D eigenvalue weighted by molar-refractivity contribution is 0.0696. The third-order valence-electron chi connectivity index (χ3n) is 2.85. The molecule has 0 aliphatic heterocycles. The summed E-state index contributed by atoms with van der Waals surface area (Å²) in [5, 5.41) is 9.77. The molecule has 0 saturated carbocycles. The van der Waals surface area contributed by atoms with Crippen LogP contribution in [0.3, 0.4) is 0 Å². The minimum Gasteiger partial charge on any atom is -0.484 e. The summed E-state index contributed by atoms with van der Waals surface area (Å²) in [6.45, 7) is 0.160. The lowest BCUT2D eigenvalue weighted by Gasteiger charge is -2.04. The maximum absolute atomic E-state index is 10.7. The molecule has 1 N–H and O–H groups in total. The number of aromatic carboxylic acids is 1. The van der Waals surface area contributed by atoms with Crippen molar-refractivity contribution in [1.82, 2.24) is 4.98 Å². The van der Waals surface area contributed by atoms with E-state index in [2.05, 4.69) is 4.98 Å². The fourth-order valence-electron chi connectivity index (χ4n) is 1.85. The van der Waals surface area contributed by atoms with Gasteiger partial charge in [0.25, 0.3) is 0 Å². The van der Waals surface area contributed by atoms with E-state index >= 15 is 0 Å². The first kappa shape index (κ1) is 12.2. The van der Waals surface area contributed by atoms with E-state index in [1.807, 2.05) is 30.3 Å². The highest BCUT2D eigenvalue weighted by Crippen LogP contribution is 2.19. The Morgan fingerprint density at radius 1 is 1.30 bits per heavy atom. The van der Waals surface area contributed by atoms with E-state index in [4.69, 9.17) is 14.3 Å².